The fourth-order valence-electron chi connectivity index (χ4n) is 2.40. The number of hydrogen-bond donors (Lipinski definition) is 2. The van der Waals surface area contributed by atoms with Crippen molar-refractivity contribution in [1.29, 1.82) is 0 Å². The van der Waals surface area contributed by atoms with Crippen LogP contribution in [0.5, 0.6) is 5.75 Å². The van der Waals surface area contributed by atoms with Crippen LogP contribution in [0.15, 0.2) is 41.2 Å². The van der Waals surface area contributed by atoms with Crippen LogP contribution in [-0.4, -0.2) is 41.0 Å². The van der Waals surface area contributed by atoms with Crippen molar-refractivity contribution in [3.63, 3.8) is 0 Å². The van der Waals surface area contributed by atoms with Crippen LogP contribution >= 0.6 is 0 Å². The summed E-state index contributed by atoms with van der Waals surface area (Å²) in [5.41, 5.74) is 0.420. The summed E-state index contributed by atoms with van der Waals surface area (Å²) in [5, 5.41) is 12.4. The van der Waals surface area contributed by atoms with Gasteiger partial charge >= 0.3 is 5.97 Å². The molecule has 8 heteroatoms. The summed E-state index contributed by atoms with van der Waals surface area (Å²) < 4.78 is 5.72. The molecule has 0 spiro atoms. The number of nitrogens with one attached hydrogen (secondary N) is 1. The molecule has 28 heavy (non-hydrogen) atoms. The maximum absolute atomic E-state index is 12.4. The molecule has 0 bridgehead atoms. The standard InChI is InChI=1S/C20H20N2O6/c1-12-9-16(24)18(20(27)22(12)2)15(23)8-7-13-5-4-6-14(10-13)19(26)21-11-17(25)28-3/h4-10,24H,11H2,1-3H3,(H,21,26)/b8-7+. The van der Waals surface area contributed by atoms with Gasteiger partial charge in [-0.05, 0) is 30.7 Å². The third-order valence-corrected chi connectivity index (χ3v) is 4.09. The van der Waals surface area contributed by atoms with Gasteiger partial charge in [-0.15, -0.1) is 0 Å². The monoisotopic (exact) mass is 384 g/mol. The number of esters is 1. The van der Waals surface area contributed by atoms with E-state index in [1.54, 1.807) is 25.1 Å². The Hall–Kier alpha value is -3.68. The van der Waals surface area contributed by atoms with Crippen LogP contribution in [0.1, 0.15) is 32.0 Å². The lowest BCUT2D eigenvalue weighted by Gasteiger charge is -2.07. The van der Waals surface area contributed by atoms with Crippen LogP contribution in [-0.2, 0) is 16.6 Å². The van der Waals surface area contributed by atoms with Crippen molar-refractivity contribution in [3.05, 3.63) is 69.1 Å². The molecule has 0 aliphatic carbocycles. The second kappa shape index (κ2) is 8.81. The molecule has 8 nitrogen and oxygen atoms in total. The summed E-state index contributed by atoms with van der Waals surface area (Å²) in [4.78, 5) is 47.7. The van der Waals surface area contributed by atoms with Gasteiger partial charge in [-0.25, -0.2) is 0 Å². The first-order valence-corrected chi connectivity index (χ1v) is 8.31. The highest BCUT2D eigenvalue weighted by Gasteiger charge is 2.16. The average Bonchev–Trinajstić information content (AvgIpc) is 2.68. The molecule has 0 saturated heterocycles. The van der Waals surface area contributed by atoms with Gasteiger partial charge in [-0.3, -0.25) is 19.2 Å². The van der Waals surface area contributed by atoms with E-state index >= 15 is 0 Å². The van der Waals surface area contributed by atoms with Gasteiger partial charge in [0.1, 0.15) is 17.9 Å². The Morgan fingerprint density at radius 2 is 1.96 bits per heavy atom. The van der Waals surface area contributed by atoms with E-state index in [0.29, 0.717) is 11.3 Å². The average molecular weight is 384 g/mol. The molecule has 1 amide bonds. The first kappa shape index (κ1) is 20.6. The minimum absolute atomic E-state index is 0.260. The number of ketones is 1. The van der Waals surface area contributed by atoms with Crippen LogP contribution in [0.25, 0.3) is 6.08 Å². The number of pyridine rings is 1. The molecule has 0 aliphatic heterocycles. The molecule has 1 aromatic carbocycles. The van der Waals surface area contributed by atoms with Gasteiger partial charge in [0, 0.05) is 24.4 Å². The molecule has 2 aromatic rings. The van der Waals surface area contributed by atoms with E-state index in [4.69, 9.17) is 0 Å². The van der Waals surface area contributed by atoms with Gasteiger partial charge in [-0.1, -0.05) is 18.2 Å². The highest BCUT2D eigenvalue weighted by atomic mass is 16.5. The summed E-state index contributed by atoms with van der Waals surface area (Å²) in [6.07, 6.45) is 2.58. The first-order valence-electron chi connectivity index (χ1n) is 8.31. The zero-order valence-corrected chi connectivity index (χ0v) is 15.7. The Balaban J connectivity index is 2.20. The Morgan fingerprint density at radius 1 is 1.25 bits per heavy atom. The van der Waals surface area contributed by atoms with Crippen molar-refractivity contribution in [2.75, 3.05) is 13.7 Å². The lowest BCUT2D eigenvalue weighted by atomic mass is 10.1. The van der Waals surface area contributed by atoms with Crippen molar-refractivity contribution in [2.45, 2.75) is 6.92 Å². The summed E-state index contributed by atoms with van der Waals surface area (Å²) in [6, 6.07) is 7.68. The number of hydrogen-bond acceptors (Lipinski definition) is 6. The normalized spacial score (nSPS) is 10.7. The third kappa shape index (κ3) is 4.73. The molecule has 0 atom stereocenters. The van der Waals surface area contributed by atoms with Gasteiger partial charge in [0.05, 0.1) is 7.11 Å². The fraction of sp³-hybridized carbons (Fsp3) is 0.200. The van der Waals surface area contributed by atoms with Crippen molar-refractivity contribution >= 4 is 23.7 Å². The van der Waals surface area contributed by atoms with E-state index in [-0.39, 0.29) is 23.4 Å². The highest BCUT2D eigenvalue weighted by Crippen LogP contribution is 2.16. The number of ether oxygens (including phenoxy) is 1. The molecule has 1 aromatic heterocycles. The number of amides is 1. The van der Waals surface area contributed by atoms with E-state index in [1.807, 2.05) is 0 Å². The summed E-state index contributed by atoms with van der Waals surface area (Å²) in [5.74, 6) is -2.09. The molecular weight excluding hydrogens is 364 g/mol. The molecule has 1 heterocycles. The molecule has 2 N–H and O–H groups in total. The van der Waals surface area contributed by atoms with E-state index < -0.39 is 23.2 Å². The van der Waals surface area contributed by atoms with Crippen LogP contribution in [0, 0.1) is 6.92 Å². The van der Waals surface area contributed by atoms with E-state index in [2.05, 4.69) is 10.1 Å². The van der Waals surface area contributed by atoms with E-state index in [1.165, 1.54) is 36.9 Å². The van der Waals surface area contributed by atoms with Gasteiger partial charge < -0.3 is 19.7 Å². The van der Waals surface area contributed by atoms with Crippen molar-refractivity contribution in [1.82, 2.24) is 9.88 Å². The summed E-state index contributed by atoms with van der Waals surface area (Å²) >= 11 is 0. The smallest absolute Gasteiger partial charge is 0.325 e. The molecule has 0 saturated carbocycles. The first-order chi connectivity index (χ1) is 13.2. The second-order valence-corrected chi connectivity index (χ2v) is 5.99. The van der Waals surface area contributed by atoms with Crippen molar-refractivity contribution in [2.24, 2.45) is 7.05 Å². The van der Waals surface area contributed by atoms with Crippen molar-refractivity contribution < 1.29 is 24.2 Å². The topological polar surface area (TPSA) is 115 Å². The van der Waals surface area contributed by atoms with Gasteiger partial charge in [0.15, 0.2) is 5.78 Å². The summed E-state index contributed by atoms with van der Waals surface area (Å²) in [7, 11) is 2.73. The quantitative estimate of drug-likeness (QED) is 0.439. The number of allylic oxidation sites excluding steroid dienone is 1. The lowest BCUT2D eigenvalue weighted by Crippen LogP contribution is -2.30. The lowest BCUT2D eigenvalue weighted by molar-refractivity contribution is -0.139. The molecule has 146 valence electrons. The highest BCUT2D eigenvalue weighted by molar-refractivity contribution is 6.08. The number of benzene rings is 1. The zero-order chi connectivity index (χ0) is 20.8. The van der Waals surface area contributed by atoms with Gasteiger partial charge in [-0.2, -0.15) is 0 Å². The van der Waals surface area contributed by atoms with Crippen LogP contribution in [0.2, 0.25) is 0 Å². The number of aromatic nitrogens is 1. The Labute approximate surface area is 161 Å². The largest absolute Gasteiger partial charge is 0.507 e. The number of rotatable bonds is 6. The number of carbonyl (C=O) groups is 3. The second-order valence-electron chi connectivity index (χ2n) is 5.99. The molecular formula is C20H20N2O6. The van der Waals surface area contributed by atoms with Crippen LogP contribution in [0.4, 0.5) is 0 Å². The molecule has 2 rings (SSSR count). The molecule has 0 aliphatic rings. The number of aromatic hydroxyl groups is 1. The predicted octanol–water partition coefficient (Wildman–Crippen LogP) is 1.20. The van der Waals surface area contributed by atoms with Crippen LogP contribution < -0.4 is 10.9 Å². The molecule has 0 radical (unpaired) electrons. The summed E-state index contributed by atoms with van der Waals surface area (Å²) in [6.45, 7) is 1.38. The Bertz CT molecular complexity index is 1020. The van der Waals surface area contributed by atoms with Crippen molar-refractivity contribution in [3.8, 4) is 5.75 Å². The molecule has 0 fully saturated rings. The minimum atomic E-state index is -0.654. The number of nitrogens with zero attached hydrogens (tertiary/aromatic N) is 1. The zero-order valence-electron chi connectivity index (χ0n) is 15.7. The predicted molar refractivity (Wildman–Crippen MR) is 102 cm³/mol. The van der Waals surface area contributed by atoms with E-state index in [0.717, 1.165) is 6.08 Å². The Morgan fingerprint density at radius 3 is 2.64 bits per heavy atom. The maximum atomic E-state index is 12.4. The number of aryl methyl sites for hydroxylation is 1. The Kier molecular flexibility index (Phi) is 6.49. The van der Waals surface area contributed by atoms with E-state index in [9.17, 15) is 24.3 Å². The minimum Gasteiger partial charge on any atom is -0.507 e. The van der Waals surface area contributed by atoms with Gasteiger partial charge in [0.25, 0.3) is 11.5 Å². The fourth-order valence-corrected chi connectivity index (χ4v) is 2.40. The maximum Gasteiger partial charge on any atom is 0.325 e. The van der Waals surface area contributed by atoms with Gasteiger partial charge in [0.2, 0.25) is 0 Å². The number of carbonyl (C=O) groups excluding carboxylic acids is 3. The van der Waals surface area contributed by atoms with Crippen LogP contribution in [0.3, 0.4) is 0 Å². The third-order valence-electron chi connectivity index (χ3n) is 4.09. The SMILES string of the molecule is COC(=O)CNC(=O)c1cccc(/C=C/C(=O)c2c(O)cc(C)n(C)c2=O)c1. The number of methoxy groups -OCH3 is 1. The molecule has 0 unspecified atom stereocenters.